The van der Waals surface area contributed by atoms with E-state index in [1.807, 2.05) is 12.2 Å². The van der Waals surface area contributed by atoms with Gasteiger partial charge in [0.1, 0.15) is 0 Å². The van der Waals surface area contributed by atoms with E-state index < -0.39 is 5.97 Å². The largest absolute Gasteiger partial charge is 0.490 e. The fraction of sp³-hybridized carbons (Fsp3) is 0.758. The summed E-state index contributed by atoms with van der Waals surface area (Å²) in [6.45, 7) is 17.4. The van der Waals surface area contributed by atoms with Crippen LogP contribution in [-0.2, 0) is 0 Å². The Morgan fingerprint density at radius 2 is 0.379 bits per heavy atom. The van der Waals surface area contributed by atoms with E-state index in [0.717, 1.165) is 122 Å². The number of unbranched alkanes of at least 4 members (excludes halogenated alkanes) is 54. The van der Waals surface area contributed by atoms with Crippen LogP contribution in [-0.4, -0.2) is 50.7 Å². The minimum Gasteiger partial charge on any atom is -0.490 e. The van der Waals surface area contributed by atoms with E-state index in [0.29, 0.717) is 51.1 Å². The fourth-order valence-electron chi connectivity index (χ4n) is 14.1. The van der Waals surface area contributed by atoms with Gasteiger partial charge in [-0.25, -0.2) is 4.79 Å². The Morgan fingerprint density at radius 3 is 0.553 bits per heavy atom. The summed E-state index contributed by atoms with van der Waals surface area (Å²) in [7, 11) is 0. The highest BCUT2D eigenvalue weighted by atomic mass is 16.5. The molecule has 0 heterocycles. The van der Waals surface area contributed by atoms with Crippen molar-refractivity contribution >= 4 is 30.3 Å². The van der Waals surface area contributed by atoms with Crippen molar-refractivity contribution < 1.29 is 38.3 Å². The van der Waals surface area contributed by atoms with Crippen LogP contribution in [0.5, 0.6) is 34.5 Å². The Hall–Kier alpha value is -4.59. The van der Waals surface area contributed by atoms with Gasteiger partial charge in [0, 0.05) is 0 Å². The highest BCUT2D eigenvalue weighted by Crippen LogP contribution is 2.42. The molecule has 0 radical (unpaired) electrons. The van der Waals surface area contributed by atoms with Gasteiger partial charge in [0.2, 0.25) is 11.5 Å². The van der Waals surface area contributed by atoms with Crippen LogP contribution in [0.3, 0.4) is 0 Å². The van der Waals surface area contributed by atoms with Crippen molar-refractivity contribution in [2.75, 3.05) is 39.6 Å². The summed E-state index contributed by atoms with van der Waals surface area (Å²) in [5, 5.41) is 10.6. The second-order valence-electron chi connectivity index (χ2n) is 30.7. The van der Waals surface area contributed by atoms with E-state index >= 15 is 0 Å². The maximum atomic E-state index is 13.0. The fourth-order valence-corrected chi connectivity index (χ4v) is 14.1. The van der Waals surface area contributed by atoms with Crippen molar-refractivity contribution in [2.24, 2.45) is 0 Å². The molecule has 8 nitrogen and oxygen atoms in total. The second kappa shape index (κ2) is 69.2. The summed E-state index contributed by atoms with van der Waals surface area (Å²) in [5.74, 6) is 3.34. The van der Waals surface area contributed by atoms with Crippen molar-refractivity contribution in [2.45, 2.75) is 427 Å². The van der Waals surface area contributed by atoms with Gasteiger partial charge in [-0.1, -0.05) is 413 Å². The molecule has 0 aliphatic rings. The molecule has 0 saturated heterocycles. The first kappa shape index (κ1) is 92.6. The van der Waals surface area contributed by atoms with Crippen molar-refractivity contribution in [3.05, 3.63) is 70.3 Å². The van der Waals surface area contributed by atoms with Gasteiger partial charge in [-0.15, -0.1) is 0 Å². The zero-order chi connectivity index (χ0) is 73.6. The first-order valence-electron chi connectivity index (χ1n) is 44.7. The summed E-state index contributed by atoms with van der Waals surface area (Å²) in [5.41, 5.74) is 3.66. The minimum absolute atomic E-state index is 0.232. The molecule has 8 heteroatoms. The van der Waals surface area contributed by atoms with E-state index in [4.69, 9.17) is 28.4 Å². The number of benzene rings is 3. The van der Waals surface area contributed by atoms with Crippen LogP contribution in [0, 0.1) is 0 Å². The highest BCUT2D eigenvalue weighted by molar-refractivity contribution is 5.90. The van der Waals surface area contributed by atoms with Crippen molar-refractivity contribution in [3.8, 4) is 34.5 Å². The molecule has 0 aliphatic carbocycles. The first-order valence-corrected chi connectivity index (χ1v) is 44.7. The quantitative estimate of drug-likeness (QED) is 0.0441. The van der Waals surface area contributed by atoms with Gasteiger partial charge in [0.15, 0.2) is 23.0 Å². The minimum atomic E-state index is -0.964. The predicted octanol–water partition coefficient (Wildman–Crippen LogP) is 31.5. The lowest BCUT2D eigenvalue weighted by molar-refractivity contribution is 0.0696. The number of hydrogen-bond donors (Lipinski definition) is 1. The summed E-state index contributed by atoms with van der Waals surface area (Å²) in [6, 6.07) is 14.0. The zero-order valence-corrected chi connectivity index (χ0v) is 68.3. The Balaban J connectivity index is 2.00. The number of hydrogen-bond acceptors (Lipinski definition) is 7. The molecule has 0 aromatic heterocycles. The van der Waals surface area contributed by atoms with Crippen LogP contribution in [0.15, 0.2) is 42.5 Å². The van der Waals surface area contributed by atoms with E-state index in [1.54, 1.807) is 12.1 Å². The van der Waals surface area contributed by atoms with Gasteiger partial charge in [0.05, 0.1) is 45.2 Å². The van der Waals surface area contributed by atoms with Gasteiger partial charge >= 0.3 is 5.97 Å². The number of carbonyl (C=O) groups is 1. The lowest BCUT2D eigenvalue weighted by Crippen LogP contribution is -2.07. The molecule has 0 saturated carbocycles. The third-order valence-electron chi connectivity index (χ3n) is 20.8. The molecule has 3 aromatic carbocycles. The van der Waals surface area contributed by atoms with Crippen LogP contribution in [0.2, 0.25) is 0 Å². The third kappa shape index (κ3) is 51.3. The van der Waals surface area contributed by atoms with Gasteiger partial charge in [-0.05, 0) is 103 Å². The Morgan fingerprint density at radius 1 is 0.223 bits per heavy atom. The molecule has 0 atom stereocenters. The van der Waals surface area contributed by atoms with Crippen LogP contribution in [0.1, 0.15) is 459 Å². The molecule has 590 valence electrons. The van der Waals surface area contributed by atoms with Gasteiger partial charge in [0.25, 0.3) is 0 Å². The van der Waals surface area contributed by atoms with E-state index in [9.17, 15) is 9.90 Å². The maximum Gasteiger partial charge on any atom is 0.335 e. The molecule has 103 heavy (non-hydrogen) atoms. The second-order valence-corrected chi connectivity index (χ2v) is 30.7. The smallest absolute Gasteiger partial charge is 0.335 e. The first-order chi connectivity index (χ1) is 50.9. The Kier molecular flexibility index (Phi) is 62.2. The van der Waals surface area contributed by atoms with Crippen LogP contribution >= 0.6 is 0 Å². The lowest BCUT2D eigenvalue weighted by Gasteiger charge is -2.18. The van der Waals surface area contributed by atoms with E-state index in [2.05, 4.69) is 84.0 Å². The summed E-state index contributed by atoms with van der Waals surface area (Å²) >= 11 is 0. The molecule has 0 fully saturated rings. The Labute approximate surface area is 636 Å². The van der Waals surface area contributed by atoms with E-state index in [-0.39, 0.29) is 5.56 Å². The van der Waals surface area contributed by atoms with Gasteiger partial charge in [-0.2, -0.15) is 0 Å². The average Bonchev–Trinajstić information content (AvgIpc) is 0.823. The number of aromatic carboxylic acids is 1. The zero-order valence-electron chi connectivity index (χ0n) is 68.3. The van der Waals surface area contributed by atoms with Crippen molar-refractivity contribution in [1.29, 1.82) is 0 Å². The lowest BCUT2D eigenvalue weighted by atomic mass is 10.0. The van der Waals surface area contributed by atoms with Crippen molar-refractivity contribution in [1.82, 2.24) is 0 Å². The molecule has 0 aliphatic heterocycles. The predicted molar refractivity (Wildman–Crippen MR) is 448 cm³/mol. The maximum absolute atomic E-state index is 13.0. The third-order valence-corrected chi connectivity index (χ3v) is 20.8. The molecule has 0 unspecified atom stereocenters. The summed E-state index contributed by atoms with van der Waals surface area (Å²) in [6.07, 6.45) is 84.2. The SMILES string of the molecule is CCCCCCCCCCCCOc1cc(/C=C/c2cc(/C=C/c3cc(OCCCCCCCCCCCC)c(OCCCCCCCCCCCC)c(OCCCCCCCCCCCC)c3)cc(C(=O)O)c2)cc(OCCCCCCCCCCCC)c1OCCCCCCCCCCCC. The molecule has 0 amide bonds. The molecule has 3 aromatic rings. The topological polar surface area (TPSA) is 92.7 Å². The molecular formula is C95H162O8. The monoisotopic (exact) mass is 1430 g/mol. The number of rotatable bonds is 77. The van der Waals surface area contributed by atoms with Crippen LogP contribution < -0.4 is 28.4 Å². The van der Waals surface area contributed by atoms with Gasteiger partial charge in [-0.3, -0.25) is 0 Å². The summed E-state index contributed by atoms with van der Waals surface area (Å²) < 4.78 is 40.7. The Bertz CT molecular complexity index is 2210. The molecule has 0 bridgehead atoms. The number of ether oxygens (including phenoxy) is 6. The van der Waals surface area contributed by atoms with Crippen LogP contribution in [0.25, 0.3) is 24.3 Å². The van der Waals surface area contributed by atoms with Crippen molar-refractivity contribution in [3.63, 3.8) is 0 Å². The normalized spacial score (nSPS) is 11.6. The molecule has 0 spiro atoms. The standard InChI is InChI=1S/C95H162O8/c1-7-13-19-25-31-37-43-49-55-61-71-98-89-80-86(81-90(99-72-62-56-50-44-38-32-26-20-14-8-2)93(89)102-75-65-59-53-47-41-35-29-23-17-11-5)69-67-84-77-85(79-88(78-84)95(96)97)68-70-87-82-91(100-73-63-57-51-45-39-33-27-21-15-9-3)94(103-76-66-60-54-48-42-36-30-24-18-12-6)92(83-87)101-74-64-58-52-46-40-34-28-22-16-10-4/h67-70,77-83H,7-66,71-76H2,1-6H3,(H,96,97)/b69-67+,70-68+. The number of carboxylic acid groups (broad SMARTS) is 1. The van der Waals surface area contributed by atoms with Crippen LogP contribution in [0.4, 0.5) is 0 Å². The van der Waals surface area contributed by atoms with E-state index in [1.165, 1.54) is 308 Å². The molecular weight excluding hydrogens is 1270 g/mol. The highest BCUT2D eigenvalue weighted by Gasteiger charge is 2.19. The summed E-state index contributed by atoms with van der Waals surface area (Å²) in [4.78, 5) is 13.0. The molecule has 3 rings (SSSR count). The number of carboxylic acids is 1. The average molecular weight is 1430 g/mol. The van der Waals surface area contributed by atoms with Gasteiger partial charge < -0.3 is 33.5 Å². The molecule has 1 N–H and O–H groups in total.